The van der Waals surface area contributed by atoms with Gasteiger partial charge in [0.15, 0.2) is 0 Å². The van der Waals surface area contributed by atoms with E-state index in [1.165, 1.54) is 0 Å². The number of hydrogen-bond acceptors (Lipinski definition) is 3. The summed E-state index contributed by atoms with van der Waals surface area (Å²) in [5.74, 6) is 0.931. The average molecular weight is 298 g/mol. The Morgan fingerprint density at radius 3 is 2.82 bits per heavy atom. The van der Waals surface area contributed by atoms with Crippen LogP contribution in [0.1, 0.15) is 30.9 Å². The number of benzene rings is 1. The zero-order chi connectivity index (χ0) is 11.9. The number of ether oxygens (including phenoxy) is 2. The van der Waals surface area contributed by atoms with Crippen molar-refractivity contribution in [3.63, 3.8) is 0 Å². The lowest BCUT2D eigenvalue weighted by Crippen LogP contribution is -2.47. The van der Waals surface area contributed by atoms with E-state index in [0.717, 1.165) is 48.3 Å². The van der Waals surface area contributed by atoms with Gasteiger partial charge in [-0.25, -0.2) is 0 Å². The Morgan fingerprint density at radius 2 is 2.06 bits per heavy atom. The van der Waals surface area contributed by atoms with E-state index in [9.17, 15) is 0 Å². The van der Waals surface area contributed by atoms with Crippen molar-refractivity contribution in [1.82, 2.24) is 0 Å². The molecule has 1 atom stereocenters. The molecule has 0 bridgehead atoms. The summed E-state index contributed by atoms with van der Waals surface area (Å²) in [6.07, 6.45) is 2.77. The topological polar surface area (TPSA) is 44.5 Å². The molecule has 1 spiro atoms. The fraction of sp³-hybridized carbons (Fsp3) is 0.538. The number of hydrogen-bond donors (Lipinski definition) is 1. The maximum atomic E-state index is 6.27. The van der Waals surface area contributed by atoms with Gasteiger partial charge in [0.25, 0.3) is 0 Å². The first-order chi connectivity index (χ1) is 8.19. The Bertz CT molecular complexity index is 429. The van der Waals surface area contributed by atoms with E-state index in [0.29, 0.717) is 0 Å². The number of rotatable bonds is 0. The summed E-state index contributed by atoms with van der Waals surface area (Å²) in [7, 11) is 0. The minimum atomic E-state index is -0.106. The molecular formula is C13H16BrNO2. The molecule has 1 unspecified atom stereocenters. The van der Waals surface area contributed by atoms with Gasteiger partial charge in [0.1, 0.15) is 11.4 Å². The first-order valence-corrected chi connectivity index (χ1v) is 6.80. The van der Waals surface area contributed by atoms with Gasteiger partial charge in [-0.1, -0.05) is 22.0 Å². The van der Waals surface area contributed by atoms with Crippen LogP contribution in [0.15, 0.2) is 22.7 Å². The zero-order valence-corrected chi connectivity index (χ0v) is 11.2. The predicted molar refractivity (Wildman–Crippen MR) is 69.1 cm³/mol. The molecule has 0 radical (unpaired) electrons. The van der Waals surface area contributed by atoms with Crippen LogP contribution in [0.5, 0.6) is 5.75 Å². The molecule has 3 rings (SSSR count). The summed E-state index contributed by atoms with van der Waals surface area (Å²) in [5, 5.41) is 0. The third-order valence-corrected chi connectivity index (χ3v) is 4.19. The molecule has 4 heteroatoms. The maximum absolute atomic E-state index is 6.27. The minimum Gasteiger partial charge on any atom is -0.487 e. The Hall–Kier alpha value is -0.580. The van der Waals surface area contributed by atoms with Gasteiger partial charge in [0, 0.05) is 35.3 Å². The third-order valence-electron chi connectivity index (χ3n) is 3.70. The smallest absolute Gasteiger partial charge is 0.126 e. The highest BCUT2D eigenvalue weighted by Gasteiger charge is 2.41. The van der Waals surface area contributed by atoms with Gasteiger partial charge in [-0.2, -0.15) is 0 Å². The average Bonchev–Trinajstić information content (AvgIpc) is 2.29. The standard InChI is InChI=1S/C13H16BrNO2/c14-9-1-2-10-11(15)8-13(17-12(10)7-9)3-5-16-6-4-13/h1-2,7,11H,3-6,8,15H2. The molecular weight excluding hydrogens is 282 g/mol. The molecule has 17 heavy (non-hydrogen) atoms. The van der Waals surface area contributed by atoms with Gasteiger partial charge in [-0.3, -0.25) is 0 Å². The quantitative estimate of drug-likeness (QED) is 0.801. The normalized spacial score (nSPS) is 26.4. The molecule has 1 saturated heterocycles. The summed E-state index contributed by atoms with van der Waals surface area (Å²) >= 11 is 3.48. The summed E-state index contributed by atoms with van der Waals surface area (Å²) < 4.78 is 12.7. The molecule has 92 valence electrons. The monoisotopic (exact) mass is 297 g/mol. The fourth-order valence-corrected chi connectivity index (χ4v) is 3.08. The van der Waals surface area contributed by atoms with Crippen LogP contribution in [0.4, 0.5) is 0 Å². The van der Waals surface area contributed by atoms with Crippen molar-refractivity contribution in [1.29, 1.82) is 0 Å². The summed E-state index contributed by atoms with van der Waals surface area (Å²) in [6, 6.07) is 6.16. The maximum Gasteiger partial charge on any atom is 0.126 e. The van der Waals surface area contributed by atoms with Crippen LogP contribution in [-0.2, 0) is 4.74 Å². The minimum absolute atomic E-state index is 0.0740. The first-order valence-electron chi connectivity index (χ1n) is 6.00. The van der Waals surface area contributed by atoms with Crippen molar-refractivity contribution in [3.8, 4) is 5.75 Å². The summed E-state index contributed by atoms with van der Waals surface area (Å²) in [4.78, 5) is 0. The molecule has 0 amide bonds. The first kappa shape index (κ1) is 11.5. The Morgan fingerprint density at radius 1 is 1.29 bits per heavy atom. The molecule has 1 aromatic carbocycles. The molecule has 2 heterocycles. The number of halogens is 1. The fourth-order valence-electron chi connectivity index (χ4n) is 2.74. The highest BCUT2D eigenvalue weighted by Crippen LogP contribution is 2.43. The van der Waals surface area contributed by atoms with E-state index in [2.05, 4.69) is 22.0 Å². The second-order valence-corrected chi connectivity index (χ2v) is 5.81. The van der Waals surface area contributed by atoms with Gasteiger partial charge >= 0.3 is 0 Å². The van der Waals surface area contributed by atoms with Gasteiger partial charge in [-0.15, -0.1) is 0 Å². The van der Waals surface area contributed by atoms with Gasteiger partial charge in [-0.05, 0) is 12.1 Å². The van der Waals surface area contributed by atoms with E-state index < -0.39 is 0 Å². The van der Waals surface area contributed by atoms with Crippen molar-refractivity contribution >= 4 is 15.9 Å². The molecule has 1 aromatic rings. The lowest BCUT2D eigenvalue weighted by Gasteiger charge is -2.43. The highest BCUT2D eigenvalue weighted by atomic mass is 79.9. The van der Waals surface area contributed by atoms with Gasteiger partial charge in [0.05, 0.1) is 13.2 Å². The summed E-state index contributed by atoms with van der Waals surface area (Å²) in [5.41, 5.74) is 7.28. The van der Waals surface area contributed by atoms with E-state index in [4.69, 9.17) is 15.2 Å². The van der Waals surface area contributed by atoms with Gasteiger partial charge < -0.3 is 15.2 Å². The Labute approximate surface area is 109 Å². The second-order valence-electron chi connectivity index (χ2n) is 4.89. The highest BCUT2D eigenvalue weighted by molar-refractivity contribution is 9.10. The second kappa shape index (κ2) is 4.26. The van der Waals surface area contributed by atoms with Crippen LogP contribution in [0.2, 0.25) is 0 Å². The van der Waals surface area contributed by atoms with E-state index >= 15 is 0 Å². The molecule has 2 aliphatic heterocycles. The predicted octanol–water partition coefficient (Wildman–Crippen LogP) is 2.78. The van der Waals surface area contributed by atoms with Crippen molar-refractivity contribution in [2.24, 2.45) is 5.73 Å². The molecule has 0 saturated carbocycles. The molecule has 2 aliphatic rings. The van der Waals surface area contributed by atoms with Crippen LogP contribution in [0.25, 0.3) is 0 Å². The molecule has 1 fully saturated rings. The summed E-state index contributed by atoms with van der Waals surface area (Å²) in [6.45, 7) is 1.55. The lowest BCUT2D eigenvalue weighted by atomic mass is 9.82. The van der Waals surface area contributed by atoms with Crippen molar-refractivity contribution in [2.75, 3.05) is 13.2 Å². The van der Waals surface area contributed by atoms with Crippen molar-refractivity contribution in [3.05, 3.63) is 28.2 Å². The Balaban J connectivity index is 1.95. The van der Waals surface area contributed by atoms with E-state index in [-0.39, 0.29) is 11.6 Å². The van der Waals surface area contributed by atoms with E-state index in [1.807, 2.05) is 12.1 Å². The SMILES string of the molecule is NC1CC2(CCOCC2)Oc2cc(Br)ccc21. The van der Waals surface area contributed by atoms with Crippen molar-refractivity contribution in [2.45, 2.75) is 30.9 Å². The zero-order valence-electron chi connectivity index (χ0n) is 9.62. The molecule has 0 aromatic heterocycles. The number of nitrogens with two attached hydrogens (primary N) is 1. The molecule has 2 N–H and O–H groups in total. The lowest BCUT2D eigenvalue weighted by molar-refractivity contribution is -0.0621. The van der Waals surface area contributed by atoms with Crippen molar-refractivity contribution < 1.29 is 9.47 Å². The van der Waals surface area contributed by atoms with E-state index in [1.54, 1.807) is 0 Å². The van der Waals surface area contributed by atoms with Crippen LogP contribution >= 0.6 is 15.9 Å². The number of fused-ring (bicyclic) bond motifs is 1. The van der Waals surface area contributed by atoms with Crippen LogP contribution in [0, 0.1) is 0 Å². The molecule has 3 nitrogen and oxygen atoms in total. The van der Waals surface area contributed by atoms with Crippen LogP contribution in [0.3, 0.4) is 0 Å². The van der Waals surface area contributed by atoms with Crippen LogP contribution in [-0.4, -0.2) is 18.8 Å². The largest absolute Gasteiger partial charge is 0.487 e. The Kier molecular flexibility index (Phi) is 2.89. The third kappa shape index (κ3) is 2.09. The molecule has 0 aliphatic carbocycles. The van der Waals surface area contributed by atoms with Crippen LogP contribution < -0.4 is 10.5 Å². The van der Waals surface area contributed by atoms with Gasteiger partial charge in [0.2, 0.25) is 0 Å².